The number of halogens is 4. The number of phenolic OH excluding ortho intramolecular Hbond substituents is 1. The topological polar surface area (TPSA) is 58.4 Å². The van der Waals surface area contributed by atoms with E-state index in [0.29, 0.717) is 29.1 Å². The molecule has 0 fully saturated rings. The van der Waals surface area contributed by atoms with E-state index in [2.05, 4.69) is 4.98 Å². The van der Waals surface area contributed by atoms with Crippen LogP contribution in [0.4, 0.5) is 17.7 Å². The van der Waals surface area contributed by atoms with Gasteiger partial charge in [0.1, 0.15) is 23.9 Å². The standard InChI is InChI=1S/C16H13F4N3O2/c1-2-11-14(23-8-22(20)6-5-13(23)21-11)15(25)9-3-4-12(24)10(7-9)16(17,18)19/h3-7,24H,2,8H2,1H3. The van der Waals surface area contributed by atoms with Gasteiger partial charge in [-0.15, -0.1) is 0 Å². The highest BCUT2D eigenvalue weighted by atomic mass is 19.4. The average molecular weight is 355 g/mol. The summed E-state index contributed by atoms with van der Waals surface area (Å²) in [4.78, 5) is 17.0. The second-order valence-electron chi connectivity index (χ2n) is 5.46. The SMILES string of the molecule is CCc1nc2n(c1C(=O)c1ccc(O)c(C(F)(F)F)c1)CN(F)C=C2. The number of nitrogens with zero attached hydrogens (tertiary/aromatic N) is 3. The monoisotopic (exact) mass is 355 g/mol. The summed E-state index contributed by atoms with van der Waals surface area (Å²) < 4.78 is 53.7. The van der Waals surface area contributed by atoms with Gasteiger partial charge in [0.2, 0.25) is 5.78 Å². The Balaban J connectivity index is 2.11. The van der Waals surface area contributed by atoms with Gasteiger partial charge in [-0.1, -0.05) is 11.4 Å². The lowest BCUT2D eigenvalue weighted by Crippen LogP contribution is -2.22. The van der Waals surface area contributed by atoms with Crippen LogP contribution in [0.3, 0.4) is 0 Å². The van der Waals surface area contributed by atoms with E-state index in [4.69, 9.17) is 0 Å². The molecule has 1 aromatic carbocycles. The van der Waals surface area contributed by atoms with Crippen molar-refractivity contribution in [2.75, 3.05) is 0 Å². The molecule has 0 unspecified atom stereocenters. The van der Waals surface area contributed by atoms with Crippen LogP contribution in [0.15, 0.2) is 24.4 Å². The molecule has 2 aromatic rings. The molecule has 5 nitrogen and oxygen atoms in total. The molecule has 0 amide bonds. The normalized spacial score (nSPS) is 13.9. The van der Waals surface area contributed by atoms with Crippen LogP contribution in [0.2, 0.25) is 0 Å². The lowest BCUT2D eigenvalue weighted by molar-refractivity contribution is -0.138. The largest absolute Gasteiger partial charge is 0.507 e. The molecule has 1 aliphatic heterocycles. The van der Waals surface area contributed by atoms with Gasteiger partial charge in [0.05, 0.1) is 11.3 Å². The Labute approximate surface area is 139 Å². The molecule has 1 N–H and O–H groups in total. The van der Waals surface area contributed by atoms with Crippen molar-refractivity contribution >= 4 is 11.9 Å². The highest BCUT2D eigenvalue weighted by molar-refractivity contribution is 6.09. The van der Waals surface area contributed by atoms with E-state index < -0.39 is 23.3 Å². The minimum atomic E-state index is -4.80. The fraction of sp³-hybridized carbons (Fsp3) is 0.250. The molecule has 0 saturated heterocycles. The van der Waals surface area contributed by atoms with Gasteiger partial charge in [-0.05, 0) is 30.7 Å². The Bertz CT molecular complexity index is 871. The number of benzene rings is 1. The van der Waals surface area contributed by atoms with Gasteiger partial charge in [-0.25, -0.2) is 4.98 Å². The van der Waals surface area contributed by atoms with E-state index in [9.17, 15) is 27.6 Å². The number of ketones is 1. The number of aryl methyl sites for hydroxylation is 1. The number of carbonyl (C=O) groups is 1. The van der Waals surface area contributed by atoms with Crippen LogP contribution in [0.1, 0.15) is 40.1 Å². The molecule has 2 heterocycles. The van der Waals surface area contributed by atoms with Crippen molar-refractivity contribution in [3.8, 4) is 5.75 Å². The lowest BCUT2D eigenvalue weighted by atomic mass is 10.0. The van der Waals surface area contributed by atoms with Crippen molar-refractivity contribution in [1.29, 1.82) is 0 Å². The first-order valence-corrected chi connectivity index (χ1v) is 7.37. The van der Waals surface area contributed by atoms with E-state index >= 15 is 0 Å². The average Bonchev–Trinajstić information content (AvgIpc) is 2.91. The third kappa shape index (κ3) is 2.97. The van der Waals surface area contributed by atoms with E-state index in [0.717, 1.165) is 18.3 Å². The smallest absolute Gasteiger partial charge is 0.419 e. The highest BCUT2D eigenvalue weighted by Crippen LogP contribution is 2.36. The molecule has 132 valence electrons. The van der Waals surface area contributed by atoms with Crippen LogP contribution in [0.25, 0.3) is 6.08 Å². The van der Waals surface area contributed by atoms with Crippen molar-refractivity contribution < 1.29 is 27.6 Å². The number of hydrogen-bond donors (Lipinski definition) is 1. The van der Waals surface area contributed by atoms with Crippen molar-refractivity contribution in [3.63, 3.8) is 0 Å². The number of hydrogen-bond acceptors (Lipinski definition) is 4. The second kappa shape index (κ2) is 5.91. The molecule has 1 aromatic heterocycles. The van der Waals surface area contributed by atoms with Crippen LogP contribution >= 0.6 is 0 Å². The second-order valence-corrected chi connectivity index (χ2v) is 5.46. The van der Waals surface area contributed by atoms with Crippen molar-refractivity contribution in [2.24, 2.45) is 0 Å². The van der Waals surface area contributed by atoms with Gasteiger partial charge >= 0.3 is 6.18 Å². The fourth-order valence-corrected chi connectivity index (χ4v) is 2.66. The predicted octanol–water partition coefficient (Wildman–Crippen LogP) is 3.53. The Morgan fingerprint density at radius 3 is 2.72 bits per heavy atom. The van der Waals surface area contributed by atoms with Crippen molar-refractivity contribution in [2.45, 2.75) is 26.2 Å². The highest BCUT2D eigenvalue weighted by Gasteiger charge is 2.35. The molecular formula is C16H13F4N3O2. The summed E-state index contributed by atoms with van der Waals surface area (Å²) >= 11 is 0. The first-order chi connectivity index (χ1) is 11.7. The van der Waals surface area contributed by atoms with E-state index in [1.165, 1.54) is 10.6 Å². The minimum absolute atomic E-state index is 0.0308. The van der Waals surface area contributed by atoms with Gasteiger partial charge in [0, 0.05) is 11.8 Å². The quantitative estimate of drug-likeness (QED) is 0.520. The van der Waals surface area contributed by atoms with Crippen LogP contribution in [0.5, 0.6) is 5.75 Å². The number of fused-ring (bicyclic) bond motifs is 1. The minimum Gasteiger partial charge on any atom is -0.507 e. The van der Waals surface area contributed by atoms with E-state index in [1.54, 1.807) is 6.92 Å². The molecule has 0 bridgehead atoms. The number of phenols is 1. The summed E-state index contributed by atoms with van der Waals surface area (Å²) in [7, 11) is 0. The maximum Gasteiger partial charge on any atom is 0.419 e. The van der Waals surface area contributed by atoms with Crippen molar-refractivity contribution in [1.82, 2.24) is 14.7 Å². The molecule has 0 spiro atoms. The number of imidazole rings is 1. The molecule has 0 atom stereocenters. The molecule has 0 saturated carbocycles. The summed E-state index contributed by atoms with van der Waals surface area (Å²) in [6.07, 6.45) is -1.93. The van der Waals surface area contributed by atoms with Gasteiger partial charge in [-0.2, -0.15) is 18.3 Å². The third-order valence-corrected chi connectivity index (χ3v) is 3.85. The molecule has 0 radical (unpaired) electrons. The van der Waals surface area contributed by atoms with E-state index in [-0.39, 0.29) is 17.9 Å². The van der Waals surface area contributed by atoms with Crippen molar-refractivity contribution in [3.05, 3.63) is 52.7 Å². The van der Waals surface area contributed by atoms with Gasteiger partial charge in [-0.3, -0.25) is 4.79 Å². The maximum atomic E-state index is 13.5. The van der Waals surface area contributed by atoms with Gasteiger partial charge < -0.3 is 9.67 Å². The summed E-state index contributed by atoms with van der Waals surface area (Å²) in [5.41, 5.74) is -1.17. The Kier molecular flexibility index (Phi) is 4.02. The number of rotatable bonds is 3. The predicted molar refractivity (Wildman–Crippen MR) is 80.1 cm³/mol. The summed E-state index contributed by atoms with van der Waals surface area (Å²) in [5.74, 6) is -1.33. The Morgan fingerprint density at radius 2 is 2.08 bits per heavy atom. The maximum absolute atomic E-state index is 13.5. The third-order valence-electron chi connectivity index (χ3n) is 3.85. The Hall–Kier alpha value is -2.84. The number of alkyl halides is 3. The van der Waals surface area contributed by atoms with Crippen LogP contribution in [-0.2, 0) is 19.3 Å². The summed E-state index contributed by atoms with van der Waals surface area (Å²) in [5, 5.41) is 9.73. The zero-order valence-electron chi connectivity index (χ0n) is 13.0. The molecule has 25 heavy (non-hydrogen) atoms. The van der Waals surface area contributed by atoms with Crippen LogP contribution < -0.4 is 0 Å². The Morgan fingerprint density at radius 1 is 1.36 bits per heavy atom. The summed E-state index contributed by atoms with van der Waals surface area (Å²) in [6.45, 7) is 1.45. The number of aromatic nitrogens is 2. The van der Waals surface area contributed by atoms with Gasteiger partial charge in [0.15, 0.2) is 0 Å². The molecular weight excluding hydrogens is 342 g/mol. The lowest BCUT2D eigenvalue weighted by Gasteiger charge is -2.18. The van der Waals surface area contributed by atoms with Gasteiger partial charge in [0.25, 0.3) is 0 Å². The summed E-state index contributed by atoms with van der Waals surface area (Å²) in [6, 6.07) is 2.50. The number of aromatic hydroxyl groups is 1. The zero-order chi connectivity index (χ0) is 18.4. The first-order valence-electron chi connectivity index (χ1n) is 7.37. The molecule has 0 aliphatic carbocycles. The van der Waals surface area contributed by atoms with Crippen LogP contribution in [0, 0.1) is 0 Å². The molecule has 3 rings (SSSR count). The first kappa shape index (κ1) is 17.0. The molecule has 9 heteroatoms. The zero-order valence-corrected chi connectivity index (χ0v) is 13.0. The van der Waals surface area contributed by atoms with Crippen LogP contribution in [-0.4, -0.2) is 25.6 Å². The number of carbonyl (C=O) groups excluding carboxylic acids is 1. The van der Waals surface area contributed by atoms with E-state index in [1.807, 2.05) is 0 Å². The molecule has 1 aliphatic rings. The fourth-order valence-electron chi connectivity index (χ4n) is 2.66.